The lowest BCUT2D eigenvalue weighted by Crippen LogP contribution is -2.34. The van der Waals surface area contributed by atoms with Gasteiger partial charge in [-0.15, -0.1) is 0 Å². The molecule has 5 nitrogen and oxygen atoms in total. The van der Waals surface area contributed by atoms with Crippen molar-refractivity contribution < 1.29 is 5.21 Å². The van der Waals surface area contributed by atoms with Gasteiger partial charge in [-0.2, -0.15) is 0 Å². The van der Waals surface area contributed by atoms with E-state index in [1.165, 1.54) is 0 Å². The van der Waals surface area contributed by atoms with Gasteiger partial charge >= 0.3 is 0 Å². The number of nitrogens with two attached hydrogens (primary N) is 1. The van der Waals surface area contributed by atoms with Gasteiger partial charge in [0, 0.05) is 40.4 Å². The SMILES string of the molecule is CC(C)N(CC/C(N)=N/O)c1nccc2c(Br)cccc12. The molecule has 1 heterocycles. The van der Waals surface area contributed by atoms with E-state index in [9.17, 15) is 0 Å². The number of aromatic nitrogens is 1. The molecule has 1 aromatic carbocycles. The lowest BCUT2D eigenvalue weighted by molar-refractivity contribution is 0.317. The molecular formula is C15H19BrN4O. The zero-order chi connectivity index (χ0) is 15.4. The fourth-order valence-corrected chi connectivity index (χ4v) is 2.77. The molecule has 0 atom stereocenters. The lowest BCUT2D eigenvalue weighted by atomic mass is 10.1. The maximum Gasteiger partial charge on any atom is 0.140 e. The Hall–Kier alpha value is -1.82. The Morgan fingerprint density at radius 3 is 2.81 bits per heavy atom. The molecule has 0 saturated heterocycles. The van der Waals surface area contributed by atoms with Crippen molar-refractivity contribution in [2.24, 2.45) is 10.9 Å². The highest BCUT2D eigenvalue weighted by atomic mass is 79.9. The Morgan fingerprint density at radius 2 is 2.14 bits per heavy atom. The molecule has 1 aromatic heterocycles. The average molecular weight is 351 g/mol. The highest BCUT2D eigenvalue weighted by Gasteiger charge is 2.16. The van der Waals surface area contributed by atoms with E-state index in [4.69, 9.17) is 10.9 Å². The lowest BCUT2D eigenvalue weighted by Gasteiger charge is -2.28. The monoisotopic (exact) mass is 350 g/mol. The Balaban J connectivity index is 2.43. The van der Waals surface area contributed by atoms with Gasteiger partial charge in [-0.3, -0.25) is 0 Å². The van der Waals surface area contributed by atoms with Crippen molar-refractivity contribution in [1.82, 2.24) is 4.98 Å². The van der Waals surface area contributed by atoms with Crippen molar-refractivity contribution in [3.05, 3.63) is 34.9 Å². The zero-order valence-electron chi connectivity index (χ0n) is 12.1. The number of amidine groups is 1. The van der Waals surface area contributed by atoms with Gasteiger partial charge in [0.1, 0.15) is 11.7 Å². The maximum atomic E-state index is 8.69. The quantitative estimate of drug-likeness (QED) is 0.375. The van der Waals surface area contributed by atoms with E-state index in [1.807, 2.05) is 18.2 Å². The Kier molecular flexibility index (Phi) is 5.01. The summed E-state index contributed by atoms with van der Waals surface area (Å²) in [5.74, 6) is 1.14. The van der Waals surface area contributed by atoms with E-state index in [0.29, 0.717) is 13.0 Å². The van der Waals surface area contributed by atoms with Gasteiger partial charge in [-0.25, -0.2) is 4.98 Å². The summed E-state index contributed by atoms with van der Waals surface area (Å²) in [6, 6.07) is 8.32. The van der Waals surface area contributed by atoms with E-state index in [0.717, 1.165) is 21.1 Å². The molecule has 0 unspecified atom stereocenters. The minimum Gasteiger partial charge on any atom is -0.409 e. The predicted octanol–water partition coefficient (Wildman–Crippen LogP) is 3.35. The number of hydrogen-bond donors (Lipinski definition) is 2. The number of rotatable bonds is 5. The fraction of sp³-hybridized carbons (Fsp3) is 0.333. The molecule has 0 bridgehead atoms. The standard InChI is InChI=1S/C15H19BrN4O/c1-10(2)20(9-7-14(17)19-21)15-12-4-3-5-13(16)11(12)6-8-18-15/h3-6,8,10,21H,7,9H2,1-2H3,(H2,17,19). The second-order valence-electron chi connectivity index (χ2n) is 5.10. The minimum atomic E-state index is 0.224. The smallest absolute Gasteiger partial charge is 0.140 e. The molecule has 0 aliphatic carbocycles. The molecule has 0 saturated carbocycles. The normalized spacial score (nSPS) is 12.1. The molecule has 0 amide bonds. The van der Waals surface area contributed by atoms with Gasteiger partial charge in [-0.05, 0) is 26.0 Å². The van der Waals surface area contributed by atoms with Crippen LogP contribution in [-0.4, -0.2) is 28.6 Å². The van der Waals surface area contributed by atoms with E-state index in [-0.39, 0.29) is 11.9 Å². The van der Waals surface area contributed by atoms with Crippen molar-refractivity contribution >= 4 is 38.4 Å². The summed E-state index contributed by atoms with van der Waals surface area (Å²) in [4.78, 5) is 6.69. The van der Waals surface area contributed by atoms with Crippen molar-refractivity contribution in [1.29, 1.82) is 0 Å². The highest BCUT2D eigenvalue weighted by molar-refractivity contribution is 9.10. The average Bonchev–Trinajstić information content (AvgIpc) is 2.47. The van der Waals surface area contributed by atoms with Gasteiger partial charge < -0.3 is 15.8 Å². The van der Waals surface area contributed by atoms with Crippen LogP contribution in [-0.2, 0) is 0 Å². The molecule has 0 fully saturated rings. The van der Waals surface area contributed by atoms with Crippen LogP contribution in [0.5, 0.6) is 0 Å². The molecule has 0 spiro atoms. The molecule has 112 valence electrons. The first-order valence-electron chi connectivity index (χ1n) is 6.81. The minimum absolute atomic E-state index is 0.224. The topological polar surface area (TPSA) is 74.7 Å². The Morgan fingerprint density at radius 1 is 1.38 bits per heavy atom. The molecule has 0 aliphatic rings. The zero-order valence-corrected chi connectivity index (χ0v) is 13.7. The van der Waals surface area contributed by atoms with Gasteiger partial charge in [0.2, 0.25) is 0 Å². The van der Waals surface area contributed by atoms with E-state index in [1.54, 1.807) is 6.20 Å². The molecular weight excluding hydrogens is 332 g/mol. The van der Waals surface area contributed by atoms with Gasteiger partial charge in [-0.1, -0.05) is 33.2 Å². The number of fused-ring (bicyclic) bond motifs is 1. The summed E-state index contributed by atoms with van der Waals surface area (Å²) in [5.41, 5.74) is 5.58. The summed E-state index contributed by atoms with van der Waals surface area (Å²) < 4.78 is 1.05. The van der Waals surface area contributed by atoms with Crippen molar-refractivity contribution in [3.8, 4) is 0 Å². The summed E-state index contributed by atoms with van der Waals surface area (Å²) in [5, 5.41) is 13.9. The molecule has 3 N–H and O–H groups in total. The summed E-state index contributed by atoms with van der Waals surface area (Å²) in [6.45, 7) is 4.85. The molecule has 6 heteroatoms. The van der Waals surface area contributed by atoms with E-state index >= 15 is 0 Å². The van der Waals surface area contributed by atoms with Crippen molar-refractivity contribution in [2.45, 2.75) is 26.3 Å². The van der Waals surface area contributed by atoms with Gasteiger partial charge in [0.25, 0.3) is 0 Å². The van der Waals surface area contributed by atoms with Crippen LogP contribution < -0.4 is 10.6 Å². The van der Waals surface area contributed by atoms with E-state index in [2.05, 4.69) is 50.9 Å². The van der Waals surface area contributed by atoms with Crippen LogP contribution in [0.25, 0.3) is 10.8 Å². The van der Waals surface area contributed by atoms with Crippen LogP contribution in [0, 0.1) is 0 Å². The third-order valence-corrected chi connectivity index (χ3v) is 4.06. The fourth-order valence-electron chi connectivity index (χ4n) is 2.28. The molecule has 21 heavy (non-hydrogen) atoms. The number of halogens is 1. The van der Waals surface area contributed by atoms with Crippen LogP contribution in [0.3, 0.4) is 0 Å². The largest absolute Gasteiger partial charge is 0.409 e. The van der Waals surface area contributed by atoms with E-state index < -0.39 is 0 Å². The van der Waals surface area contributed by atoms with Crippen LogP contribution in [0.4, 0.5) is 5.82 Å². The first-order chi connectivity index (χ1) is 10.0. The first kappa shape index (κ1) is 15.6. The van der Waals surface area contributed by atoms with Crippen LogP contribution in [0.1, 0.15) is 20.3 Å². The third kappa shape index (κ3) is 3.44. The summed E-state index contributed by atoms with van der Waals surface area (Å²) in [7, 11) is 0. The molecule has 2 aromatic rings. The summed E-state index contributed by atoms with van der Waals surface area (Å²) in [6.07, 6.45) is 2.29. The predicted molar refractivity (Wildman–Crippen MR) is 90.0 cm³/mol. The number of benzene rings is 1. The summed E-state index contributed by atoms with van der Waals surface area (Å²) >= 11 is 3.57. The second kappa shape index (κ2) is 6.76. The molecule has 0 aliphatic heterocycles. The van der Waals surface area contributed by atoms with Crippen LogP contribution >= 0.6 is 15.9 Å². The van der Waals surface area contributed by atoms with Gasteiger partial charge in [0.15, 0.2) is 0 Å². The number of nitrogens with zero attached hydrogens (tertiary/aromatic N) is 3. The highest BCUT2D eigenvalue weighted by Crippen LogP contribution is 2.30. The van der Waals surface area contributed by atoms with Crippen LogP contribution in [0.15, 0.2) is 40.1 Å². The van der Waals surface area contributed by atoms with Crippen LogP contribution in [0.2, 0.25) is 0 Å². The second-order valence-corrected chi connectivity index (χ2v) is 5.95. The first-order valence-corrected chi connectivity index (χ1v) is 7.60. The number of oxime groups is 1. The Labute approximate surface area is 132 Å². The number of anilines is 1. The van der Waals surface area contributed by atoms with Gasteiger partial charge in [0.05, 0.1) is 0 Å². The number of pyridine rings is 1. The number of hydrogen-bond acceptors (Lipinski definition) is 4. The van der Waals surface area contributed by atoms with Crippen molar-refractivity contribution in [2.75, 3.05) is 11.4 Å². The molecule has 2 rings (SSSR count). The van der Waals surface area contributed by atoms with Crippen molar-refractivity contribution in [3.63, 3.8) is 0 Å². The third-order valence-electron chi connectivity index (χ3n) is 3.36. The molecule has 0 radical (unpaired) electrons. The maximum absolute atomic E-state index is 8.69. The Bertz CT molecular complexity index is 657.